The molecule has 92 valence electrons. The van der Waals surface area contributed by atoms with Crippen molar-refractivity contribution in [1.82, 2.24) is 9.80 Å². The van der Waals surface area contributed by atoms with E-state index in [-0.39, 0.29) is 12.1 Å². The number of nitrogens with zero attached hydrogens (tertiary/aromatic N) is 2. The van der Waals surface area contributed by atoms with Crippen molar-refractivity contribution in [3.05, 3.63) is 0 Å². The number of rotatable bonds is 1. The number of amides is 2. The van der Waals surface area contributed by atoms with Crippen molar-refractivity contribution in [2.75, 3.05) is 33.4 Å². The Kier molecular flexibility index (Phi) is 3.08. The number of hydrogen-bond acceptors (Lipinski definition) is 3. The van der Waals surface area contributed by atoms with Crippen LogP contribution in [0.3, 0.4) is 0 Å². The number of morpholine rings is 1. The summed E-state index contributed by atoms with van der Waals surface area (Å²) >= 11 is 0. The molecule has 0 bridgehead atoms. The maximum absolute atomic E-state index is 12.1. The minimum atomic E-state index is -0.712. The maximum Gasteiger partial charge on any atom is 0.320 e. The van der Waals surface area contributed by atoms with Crippen molar-refractivity contribution >= 4 is 6.03 Å². The number of aliphatic hydroxyl groups is 1. The number of carbonyl (C=O) groups is 1. The molecule has 0 aromatic carbocycles. The molecule has 2 fully saturated rings. The quantitative estimate of drug-likeness (QED) is 0.701. The summed E-state index contributed by atoms with van der Waals surface area (Å²) in [4.78, 5) is 15.6. The third-order valence-corrected chi connectivity index (χ3v) is 3.69. The number of hydrogen-bond donors (Lipinski definition) is 1. The first-order chi connectivity index (χ1) is 7.52. The van der Waals surface area contributed by atoms with E-state index in [0.29, 0.717) is 26.3 Å². The van der Waals surface area contributed by atoms with Crippen LogP contribution < -0.4 is 0 Å². The molecule has 2 atom stereocenters. The Morgan fingerprint density at radius 2 is 2.12 bits per heavy atom. The molecule has 0 aromatic heterocycles. The highest BCUT2D eigenvalue weighted by atomic mass is 16.5. The second-order valence-electron chi connectivity index (χ2n) is 4.90. The Hall–Kier alpha value is -0.810. The zero-order valence-electron chi connectivity index (χ0n) is 9.98. The van der Waals surface area contributed by atoms with E-state index in [1.54, 1.807) is 23.8 Å². The van der Waals surface area contributed by atoms with Gasteiger partial charge in [-0.15, -0.1) is 0 Å². The van der Waals surface area contributed by atoms with E-state index in [4.69, 9.17) is 4.74 Å². The van der Waals surface area contributed by atoms with Crippen LogP contribution in [-0.4, -0.2) is 65.9 Å². The number of ether oxygens (including phenoxy) is 1. The molecule has 1 aliphatic carbocycles. The lowest BCUT2D eigenvalue weighted by Gasteiger charge is -2.48. The molecule has 1 heterocycles. The first-order valence-electron chi connectivity index (χ1n) is 5.84. The first kappa shape index (κ1) is 11.7. The second kappa shape index (κ2) is 4.22. The van der Waals surface area contributed by atoms with Crippen molar-refractivity contribution in [2.45, 2.75) is 31.4 Å². The zero-order chi connectivity index (χ0) is 11.8. The van der Waals surface area contributed by atoms with E-state index in [2.05, 4.69) is 0 Å². The standard InChI is InChI=1S/C11H20N2O3/c1-11(15)4-3-9(11)12(2)10(14)13-5-7-16-8-6-13/h9,15H,3-8H2,1-2H3/t9-,11-/m1/s1. The summed E-state index contributed by atoms with van der Waals surface area (Å²) in [6, 6.07) is -0.0314. The third-order valence-electron chi connectivity index (χ3n) is 3.69. The highest BCUT2D eigenvalue weighted by Gasteiger charge is 2.45. The minimum Gasteiger partial charge on any atom is -0.388 e. The summed E-state index contributed by atoms with van der Waals surface area (Å²) < 4.78 is 5.21. The molecule has 16 heavy (non-hydrogen) atoms. The van der Waals surface area contributed by atoms with Crippen LogP contribution in [-0.2, 0) is 4.74 Å². The molecule has 1 saturated heterocycles. The predicted molar refractivity (Wildman–Crippen MR) is 59.2 cm³/mol. The SMILES string of the molecule is CN(C(=O)N1CCOCC1)[C@@H]1CC[C@@]1(C)O. The summed E-state index contributed by atoms with van der Waals surface area (Å²) in [5.74, 6) is 0. The molecule has 2 amide bonds. The maximum atomic E-state index is 12.1. The highest BCUT2D eigenvalue weighted by Crippen LogP contribution is 2.35. The van der Waals surface area contributed by atoms with E-state index in [0.717, 1.165) is 12.8 Å². The summed E-state index contributed by atoms with van der Waals surface area (Å²) in [5, 5.41) is 9.95. The van der Waals surface area contributed by atoms with Gasteiger partial charge < -0.3 is 19.6 Å². The number of likely N-dealkylation sites (N-methyl/N-ethyl adjacent to an activating group) is 1. The van der Waals surface area contributed by atoms with Crippen LogP contribution in [0, 0.1) is 0 Å². The van der Waals surface area contributed by atoms with Gasteiger partial charge in [0, 0.05) is 20.1 Å². The van der Waals surface area contributed by atoms with Gasteiger partial charge in [-0.2, -0.15) is 0 Å². The molecule has 5 nitrogen and oxygen atoms in total. The Morgan fingerprint density at radius 1 is 1.50 bits per heavy atom. The highest BCUT2D eigenvalue weighted by molar-refractivity contribution is 5.75. The van der Waals surface area contributed by atoms with Crippen molar-refractivity contribution in [3.63, 3.8) is 0 Å². The van der Waals surface area contributed by atoms with Crippen molar-refractivity contribution in [1.29, 1.82) is 0 Å². The van der Waals surface area contributed by atoms with Crippen LogP contribution in [0.25, 0.3) is 0 Å². The number of carbonyl (C=O) groups excluding carboxylic acids is 1. The van der Waals surface area contributed by atoms with Gasteiger partial charge in [-0.05, 0) is 19.8 Å². The molecular weight excluding hydrogens is 208 g/mol. The minimum absolute atomic E-state index is 0.00766. The normalized spacial score (nSPS) is 34.4. The second-order valence-corrected chi connectivity index (χ2v) is 4.90. The third kappa shape index (κ3) is 2.01. The van der Waals surface area contributed by atoms with Crippen LogP contribution in [0.4, 0.5) is 4.79 Å². The van der Waals surface area contributed by atoms with Crippen LogP contribution in [0.1, 0.15) is 19.8 Å². The van der Waals surface area contributed by atoms with Gasteiger partial charge in [0.25, 0.3) is 0 Å². The average molecular weight is 228 g/mol. The molecule has 1 saturated carbocycles. The van der Waals surface area contributed by atoms with E-state index in [9.17, 15) is 9.90 Å². The van der Waals surface area contributed by atoms with Gasteiger partial charge in [0.05, 0.1) is 24.9 Å². The van der Waals surface area contributed by atoms with Crippen LogP contribution >= 0.6 is 0 Å². The van der Waals surface area contributed by atoms with Gasteiger partial charge in [-0.25, -0.2) is 4.79 Å². The van der Waals surface area contributed by atoms with Crippen molar-refractivity contribution < 1.29 is 14.6 Å². The van der Waals surface area contributed by atoms with Crippen LogP contribution in [0.15, 0.2) is 0 Å². The fourth-order valence-corrected chi connectivity index (χ4v) is 2.41. The summed E-state index contributed by atoms with van der Waals surface area (Å²) in [7, 11) is 1.77. The van der Waals surface area contributed by atoms with Crippen molar-refractivity contribution in [3.8, 4) is 0 Å². The van der Waals surface area contributed by atoms with E-state index >= 15 is 0 Å². The number of urea groups is 1. The summed E-state index contributed by atoms with van der Waals surface area (Å²) in [6.07, 6.45) is 1.66. The average Bonchev–Trinajstić information content (AvgIpc) is 2.28. The molecule has 5 heteroatoms. The molecule has 2 aliphatic rings. The first-order valence-corrected chi connectivity index (χ1v) is 5.84. The topological polar surface area (TPSA) is 53.0 Å². The largest absolute Gasteiger partial charge is 0.388 e. The Balaban J connectivity index is 1.93. The molecule has 0 unspecified atom stereocenters. The van der Waals surface area contributed by atoms with E-state index in [1.165, 1.54) is 0 Å². The van der Waals surface area contributed by atoms with Crippen LogP contribution in [0.2, 0.25) is 0 Å². The lowest BCUT2D eigenvalue weighted by Crippen LogP contribution is -2.61. The fourth-order valence-electron chi connectivity index (χ4n) is 2.41. The monoisotopic (exact) mass is 228 g/mol. The lowest BCUT2D eigenvalue weighted by molar-refractivity contribution is -0.0878. The molecule has 0 radical (unpaired) electrons. The van der Waals surface area contributed by atoms with Gasteiger partial charge in [0.1, 0.15) is 0 Å². The molecular formula is C11H20N2O3. The molecule has 1 N–H and O–H groups in total. The predicted octanol–water partition coefficient (Wildman–Crippen LogP) is 0.284. The van der Waals surface area contributed by atoms with Gasteiger partial charge in [-0.1, -0.05) is 0 Å². The lowest BCUT2D eigenvalue weighted by atomic mass is 9.75. The van der Waals surface area contributed by atoms with Crippen molar-refractivity contribution in [2.24, 2.45) is 0 Å². The molecule has 2 rings (SSSR count). The smallest absolute Gasteiger partial charge is 0.320 e. The fraction of sp³-hybridized carbons (Fsp3) is 0.909. The zero-order valence-corrected chi connectivity index (χ0v) is 9.98. The molecule has 0 spiro atoms. The molecule has 0 aromatic rings. The van der Waals surface area contributed by atoms with Gasteiger partial charge in [-0.3, -0.25) is 0 Å². The summed E-state index contributed by atoms with van der Waals surface area (Å²) in [6.45, 7) is 4.32. The van der Waals surface area contributed by atoms with Gasteiger partial charge in [0.2, 0.25) is 0 Å². The van der Waals surface area contributed by atoms with Gasteiger partial charge >= 0.3 is 6.03 Å². The Bertz CT molecular complexity index is 274. The van der Waals surface area contributed by atoms with E-state index in [1.807, 2.05) is 0 Å². The summed E-state index contributed by atoms with van der Waals surface area (Å²) in [5.41, 5.74) is -0.712. The molecule has 1 aliphatic heterocycles. The van der Waals surface area contributed by atoms with Gasteiger partial charge in [0.15, 0.2) is 0 Å². The Labute approximate surface area is 96.0 Å². The Morgan fingerprint density at radius 3 is 2.56 bits per heavy atom. The van der Waals surface area contributed by atoms with Crippen LogP contribution in [0.5, 0.6) is 0 Å². The van der Waals surface area contributed by atoms with E-state index < -0.39 is 5.60 Å².